The molecule has 160 valence electrons. The Morgan fingerprint density at radius 2 is 1.83 bits per heavy atom. The van der Waals surface area contributed by atoms with Crippen LogP contribution in [0.3, 0.4) is 0 Å². The highest BCUT2D eigenvalue weighted by Gasteiger charge is 2.14. The summed E-state index contributed by atoms with van der Waals surface area (Å²) in [7, 11) is -3.61. The van der Waals surface area contributed by atoms with Crippen molar-refractivity contribution in [3.05, 3.63) is 56.4 Å². The van der Waals surface area contributed by atoms with Gasteiger partial charge in [0.2, 0.25) is 15.9 Å². The van der Waals surface area contributed by atoms with Crippen LogP contribution in [0.25, 0.3) is 10.2 Å². The van der Waals surface area contributed by atoms with E-state index in [0.29, 0.717) is 22.5 Å². The van der Waals surface area contributed by atoms with Crippen molar-refractivity contribution >= 4 is 37.5 Å². The SMILES string of the molecule is Cc1ccc(S(=O)(=O)NCCNC(=O)CCc2nc3sc(C)c(C)c3c(=O)[nH]2)cc1. The van der Waals surface area contributed by atoms with Crippen LogP contribution in [0.15, 0.2) is 34.0 Å². The lowest BCUT2D eigenvalue weighted by atomic mass is 10.2. The Hall–Kier alpha value is -2.56. The standard InChI is InChI=1S/C20H24N4O4S2/c1-12-4-6-15(7-5-12)30(27,28)22-11-10-21-17(25)9-8-16-23-19(26)18-13(2)14(3)29-20(18)24-16/h4-7,22H,8-11H2,1-3H3,(H,21,25)(H,23,24,26). The minimum absolute atomic E-state index is 0.0801. The Balaban J connectivity index is 1.48. The summed E-state index contributed by atoms with van der Waals surface area (Å²) in [6.07, 6.45) is 0.435. The predicted molar refractivity (Wildman–Crippen MR) is 117 cm³/mol. The van der Waals surface area contributed by atoms with Gasteiger partial charge >= 0.3 is 0 Å². The first kappa shape index (κ1) is 22.1. The summed E-state index contributed by atoms with van der Waals surface area (Å²) >= 11 is 1.46. The zero-order valence-electron chi connectivity index (χ0n) is 17.0. The second-order valence-corrected chi connectivity index (χ2v) is 10.0. The number of carbonyl (C=O) groups excluding carboxylic acids is 1. The van der Waals surface area contributed by atoms with Crippen LogP contribution in [-0.2, 0) is 21.2 Å². The third kappa shape index (κ3) is 5.13. The van der Waals surface area contributed by atoms with Crippen LogP contribution in [0, 0.1) is 20.8 Å². The van der Waals surface area contributed by atoms with Gasteiger partial charge in [-0.3, -0.25) is 9.59 Å². The molecule has 2 heterocycles. The van der Waals surface area contributed by atoms with Crippen LogP contribution in [-0.4, -0.2) is 37.4 Å². The van der Waals surface area contributed by atoms with Crippen LogP contribution >= 0.6 is 11.3 Å². The molecule has 0 unspecified atom stereocenters. The Morgan fingerprint density at radius 1 is 1.13 bits per heavy atom. The number of hydrogen-bond acceptors (Lipinski definition) is 6. The number of carbonyl (C=O) groups is 1. The lowest BCUT2D eigenvalue weighted by molar-refractivity contribution is -0.121. The first-order chi connectivity index (χ1) is 14.2. The number of fused-ring (bicyclic) bond motifs is 1. The van der Waals surface area contributed by atoms with Crippen LogP contribution < -0.4 is 15.6 Å². The number of nitrogens with zero attached hydrogens (tertiary/aromatic N) is 1. The van der Waals surface area contributed by atoms with Crippen LogP contribution in [0.1, 0.15) is 28.2 Å². The summed E-state index contributed by atoms with van der Waals surface area (Å²) in [6.45, 7) is 5.96. The van der Waals surface area contributed by atoms with E-state index in [1.165, 1.54) is 23.5 Å². The molecule has 0 saturated heterocycles. The van der Waals surface area contributed by atoms with Gasteiger partial charge in [-0.1, -0.05) is 17.7 Å². The molecule has 2 aromatic heterocycles. The number of sulfonamides is 1. The molecule has 1 aromatic carbocycles. The Morgan fingerprint density at radius 3 is 2.53 bits per heavy atom. The van der Waals surface area contributed by atoms with Gasteiger partial charge in [-0.2, -0.15) is 0 Å². The molecule has 0 aliphatic carbocycles. The lowest BCUT2D eigenvalue weighted by Crippen LogP contribution is -2.34. The Kier molecular flexibility index (Phi) is 6.69. The van der Waals surface area contributed by atoms with Crippen molar-refractivity contribution in [2.45, 2.75) is 38.5 Å². The quantitative estimate of drug-likeness (QED) is 0.455. The highest BCUT2D eigenvalue weighted by Crippen LogP contribution is 2.25. The molecule has 1 amide bonds. The van der Waals surface area contributed by atoms with Gasteiger partial charge < -0.3 is 10.3 Å². The molecule has 3 rings (SSSR count). The van der Waals surface area contributed by atoms with Crippen molar-refractivity contribution < 1.29 is 13.2 Å². The van der Waals surface area contributed by atoms with Gasteiger partial charge in [-0.25, -0.2) is 18.1 Å². The molecular formula is C20H24N4O4S2. The fourth-order valence-electron chi connectivity index (χ4n) is 2.93. The largest absolute Gasteiger partial charge is 0.355 e. The molecule has 0 aliphatic rings. The van der Waals surface area contributed by atoms with E-state index in [9.17, 15) is 18.0 Å². The highest BCUT2D eigenvalue weighted by atomic mass is 32.2. The predicted octanol–water partition coefficient (Wildman–Crippen LogP) is 1.94. The van der Waals surface area contributed by atoms with Crippen molar-refractivity contribution in [1.29, 1.82) is 0 Å². The van der Waals surface area contributed by atoms with Gasteiger partial charge in [-0.05, 0) is 38.5 Å². The molecule has 3 N–H and O–H groups in total. The third-order valence-electron chi connectivity index (χ3n) is 4.75. The van der Waals surface area contributed by atoms with Crippen LogP contribution in [0.5, 0.6) is 0 Å². The maximum atomic E-state index is 12.3. The van der Waals surface area contributed by atoms with Gasteiger partial charge in [0.15, 0.2) is 0 Å². The van der Waals surface area contributed by atoms with E-state index in [4.69, 9.17) is 0 Å². The third-order valence-corrected chi connectivity index (χ3v) is 7.33. The molecule has 0 fully saturated rings. The molecule has 0 saturated carbocycles. The molecule has 0 radical (unpaired) electrons. The molecule has 0 bridgehead atoms. The van der Waals surface area contributed by atoms with E-state index in [-0.39, 0.29) is 35.9 Å². The van der Waals surface area contributed by atoms with Crippen molar-refractivity contribution in [1.82, 2.24) is 20.0 Å². The number of thiophene rings is 1. The summed E-state index contributed by atoms with van der Waals surface area (Å²) in [6, 6.07) is 6.53. The van der Waals surface area contributed by atoms with Crippen molar-refractivity contribution in [3.63, 3.8) is 0 Å². The maximum Gasteiger partial charge on any atom is 0.259 e. The number of aromatic nitrogens is 2. The van der Waals surface area contributed by atoms with E-state index in [1.807, 2.05) is 20.8 Å². The second kappa shape index (κ2) is 9.07. The van der Waals surface area contributed by atoms with Crippen LogP contribution in [0.2, 0.25) is 0 Å². The van der Waals surface area contributed by atoms with Gasteiger partial charge in [0.05, 0.1) is 10.3 Å². The minimum atomic E-state index is -3.61. The van der Waals surface area contributed by atoms with E-state index >= 15 is 0 Å². The summed E-state index contributed by atoms with van der Waals surface area (Å²) in [5.41, 5.74) is 1.71. The Labute approximate surface area is 178 Å². The van der Waals surface area contributed by atoms with Gasteiger partial charge in [0.1, 0.15) is 10.7 Å². The topological polar surface area (TPSA) is 121 Å². The molecule has 10 heteroatoms. The Bertz CT molecular complexity index is 1230. The number of aryl methyl sites for hydroxylation is 4. The number of hydrogen-bond donors (Lipinski definition) is 3. The smallest absolute Gasteiger partial charge is 0.259 e. The monoisotopic (exact) mass is 448 g/mol. The molecule has 0 atom stereocenters. The number of nitrogens with one attached hydrogen (secondary N) is 3. The summed E-state index contributed by atoms with van der Waals surface area (Å²) in [4.78, 5) is 33.4. The lowest BCUT2D eigenvalue weighted by Gasteiger charge is -2.08. The molecule has 0 spiro atoms. The summed E-state index contributed by atoms with van der Waals surface area (Å²) < 4.78 is 26.9. The number of amides is 1. The fraction of sp³-hybridized carbons (Fsp3) is 0.350. The number of benzene rings is 1. The minimum Gasteiger partial charge on any atom is -0.355 e. The zero-order chi connectivity index (χ0) is 21.9. The molecule has 30 heavy (non-hydrogen) atoms. The number of rotatable bonds is 8. The van der Waals surface area contributed by atoms with Gasteiger partial charge in [-0.15, -0.1) is 11.3 Å². The number of aromatic amines is 1. The average molecular weight is 449 g/mol. The van der Waals surface area contributed by atoms with Crippen molar-refractivity contribution in [2.75, 3.05) is 13.1 Å². The van der Waals surface area contributed by atoms with E-state index in [0.717, 1.165) is 16.0 Å². The number of H-pyrrole nitrogens is 1. The zero-order valence-corrected chi connectivity index (χ0v) is 18.7. The second-order valence-electron chi connectivity index (χ2n) is 7.04. The summed E-state index contributed by atoms with van der Waals surface area (Å²) in [5.74, 6) is 0.217. The fourth-order valence-corrected chi connectivity index (χ4v) is 5.01. The van der Waals surface area contributed by atoms with E-state index in [2.05, 4.69) is 20.0 Å². The van der Waals surface area contributed by atoms with Gasteiger partial charge in [0, 0.05) is 30.8 Å². The van der Waals surface area contributed by atoms with E-state index in [1.54, 1.807) is 12.1 Å². The summed E-state index contributed by atoms with van der Waals surface area (Å²) in [5, 5.41) is 3.27. The van der Waals surface area contributed by atoms with Gasteiger partial charge in [0.25, 0.3) is 5.56 Å². The first-order valence-corrected chi connectivity index (χ1v) is 11.8. The molecule has 8 nitrogen and oxygen atoms in total. The molecule has 0 aliphatic heterocycles. The average Bonchev–Trinajstić information content (AvgIpc) is 2.98. The first-order valence-electron chi connectivity index (χ1n) is 9.49. The molecular weight excluding hydrogens is 424 g/mol. The van der Waals surface area contributed by atoms with Crippen molar-refractivity contribution in [2.24, 2.45) is 0 Å². The highest BCUT2D eigenvalue weighted by molar-refractivity contribution is 7.89. The van der Waals surface area contributed by atoms with E-state index < -0.39 is 10.0 Å². The maximum absolute atomic E-state index is 12.3. The molecule has 3 aromatic rings. The van der Waals surface area contributed by atoms with Crippen molar-refractivity contribution in [3.8, 4) is 0 Å². The van der Waals surface area contributed by atoms with Crippen LogP contribution in [0.4, 0.5) is 0 Å². The normalized spacial score (nSPS) is 11.7.